The maximum absolute atomic E-state index is 11.9. The fraction of sp³-hybridized carbons (Fsp3) is 0.296. The van der Waals surface area contributed by atoms with Crippen LogP contribution in [0, 0.1) is 10.1 Å². The monoisotopic (exact) mass is 550 g/mol. The second kappa shape index (κ2) is 12.2. The van der Waals surface area contributed by atoms with Gasteiger partial charge in [-0.1, -0.05) is 17.7 Å². The van der Waals surface area contributed by atoms with Crippen LogP contribution in [0.1, 0.15) is 12.1 Å². The highest BCUT2D eigenvalue weighted by Crippen LogP contribution is 2.36. The Kier molecular flexibility index (Phi) is 8.30. The molecule has 0 saturated carbocycles. The number of fused-ring (bicyclic) bond motifs is 1. The number of pyridine rings is 1. The number of ether oxygens (including phenoxy) is 3. The fourth-order valence-corrected chi connectivity index (χ4v) is 4.48. The summed E-state index contributed by atoms with van der Waals surface area (Å²) < 4.78 is 17.2. The van der Waals surface area contributed by atoms with Crippen LogP contribution in [0.4, 0.5) is 17.2 Å². The summed E-state index contributed by atoms with van der Waals surface area (Å²) in [5.74, 6) is 1.06. The van der Waals surface area contributed by atoms with Crippen LogP contribution < -0.4 is 14.8 Å². The molecule has 202 valence electrons. The van der Waals surface area contributed by atoms with Gasteiger partial charge in [-0.2, -0.15) is 0 Å². The van der Waals surface area contributed by atoms with E-state index in [-0.39, 0.29) is 24.1 Å². The smallest absolute Gasteiger partial charge is 0.311 e. The third kappa shape index (κ3) is 6.51. The second-order valence-corrected chi connectivity index (χ2v) is 9.45. The number of nitro benzene ring substituents is 1. The van der Waals surface area contributed by atoms with Crippen LogP contribution in [0.3, 0.4) is 0 Å². The molecule has 1 saturated heterocycles. The largest absolute Gasteiger partial charge is 0.487 e. The van der Waals surface area contributed by atoms with Gasteiger partial charge in [-0.05, 0) is 43.8 Å². The molecular formula is C27H27ClN6O5. The van der Waals surface area contributed by atoms with Gasteiger partial charge >= 0.3 is 5.69 Å². The quantitative estimate of drug-likeness (QED) is 0.213. The lowest BCUT2D eigenvalue weighted by Crippen LogP contribution is -2.43. The Bertz CT molecular complexity index is 1460. The van der Waals surface area contributed by atoms with Crippen molar-refractivity contribution in [3.05, 3.63) is 81.9 Å². The number of benzene rings is 2. The zero-order valence-electron chi connectivity index (χ0n) is 21.2. The Labute approximate surface area is 229 Å². The summed E-state index contributed by atoms with van der Waals surface area (Å²) in [6.45, 7) is 2.76. The Hall–Kier alpha value is -4.06. The minimum atomic E-state index is -0.466. The van der Waals surface area contributed by atoms with Gasteiger partial charge in [-0.15, -0.1) is 0 Å². The first-order valence-corrected chi connectivity index (χ1v) is 12.8. The van der Waals surface area contributed by atoms with Crippen LogP contribution in [0.15, 0.2) is 61.1 Å². The van der Waals surface area contributed by atoms with Crippen molar-refractivity contribution in [1.29, 1.82) is 0 Å². The molecule has 0 amide bonds. The number of nitrogens with one attached hydrogen (secondary N) is 1. The number of nitrogens with zero attached hydrogens (tertiary/aromatic N) is 5. The highest BCUT2D eigenvalue weighted by molar-refractivity contribution is 6.32. The van der Waals surface area contributed by atoms with Gasteiger partial charge in [0.15, 0.2) is 5.75 Å². The lowest BCUT2D eigenvalue weighted by molar-refractivity contribution is -0.385. The van der Waals surface area contributed by atoms with Crippen molar-refractivity contribution in [2.24, 2.45) is 0 Å². The molecule has 0 radical (unpaired) electrons. The van der Waals surface area contributed by atoms with Gasteiger partial charge in [0.1, 0.15) is 24.5 Å². The van der Waals surface area contributed by atoms with E-state index in [2.05, 4.69) is 25.2 Å². The number of hydrogen-bond donors (Lipinski definition) is 1. The summed E-state index contributed by atoms with van der Waals surface area (Å²) >= 11 is 6.45. The number of hydrogen-bond acceptors (Lipinski definition) is 10. The summed E-state index contributed by atoms with van der Waals surface area (Å²) in [4.78, 5) is 26.5. The average molecular weight is 551 g/mol. The normalized spacial score (nSPS) is 15.7. The number of rotatable bonds is 10. The maximum atomic E-state index is 11.9. The zero-order valence-corrected chi connectivity index (χ0v) is 22.0. The Morgan fingerprint density at radius 2 is 2.05 bits per heavy atom. The predicted octanol–water partition coefficient (Wildman–Crippen LogP) is 5.01. The van der Waals surface area contributed by atoms with Gasteiger partial charge < -0.3 is 19.5 Å². The zero-order chi connectivity index (χ0) is 27.2. The van der Waals surface area contributed by atoms with Crippen molar-refractivity contribution in [3.63, 3.8) is 0 Å². The van der Waals surface area contributed by atoms with Crippen molar-refractivity contribution < 1.29 is 19.1 Å². The molecule has 1 N–H and O–H groups in total. The summed E-state index contributed by atoms with van der Waals surface area (Å²) in [5.41, 5.74) is 1.76. The summed E-state index contributed by atoms with van der Waals surface area (Å²) in [5, 5.41) is 15.9. The molecule has 3 heterocycles. The molecule has 1 fully saturated rings. The lowest BCUT2D eigenvalue weighted by Gasteiger charge is -2.32. The SMILES string of the molecule is CN1CCOCC1CCOc1cc2ncnc(Nc3ccc(OCc4ccccn4)c(Cl)c3)c2cc1[N+](=O)[O-]. The van der Waals surface area contributed by atoms with Gasteiger partial charge in [0.05, 0.1) is 46.4 Å². The van der Waals surface area contributed by atoms with Crippen LogP contribution in [0.25, 0.3) is 10.9 Å². The number of morpholine rings is 1. The summed E-state index contributed by atoms with van der Waals surface area (Å²) in [6, 6.07) is 14.0. The standard InChI is InChI=1S/C27H27ClN6O5/c1-33-9-11-37-16-20(33)7-10-38-26-14-23-21(13-24(26)34(35)36)27(31-17-30-23)32-18-5-6-25(22(28)12-18)39-15-19-4-2-3-8-29-19/h2-6,8,12-14,17,20H,7,9-11,15-16H2,1H3,(H,30,31,32). The molecule has 1 aliphatic heterocycles. The van der Waals surface area contributed by atoms with E-state index in [1.165, 1.54) is 12.4 Å². The molecule has 0 bridgehead atoms. The van der Waals surface area contributed by atoms with Crippen LogP contribution in [-0.4, -0.2) is 64.2 Å². The highest BCUT2D eigenvalue weighted by Gasteiger charge is 2.22. The van der Waals surface area contributed by atoms with E-state index in [1.54, 1.807) is 30.5 Å². The second-order valence-electron chi connectivity index (χ2n) is 9.04. The van der Waals surface area contributed by atoms with Crippen LogP contribution >= 0.6 is 11.6 Å². The Morgan fingerprint density at radius 3 is 2.82 bits per heavy atom. The molecule has 0 aliphatic carbocycles. The first-order chi connectivity index (χ1) is 19.0. The van der Waals surface area contributed by atoms with Crippen molar-refractivity contribution in [3.8, 4) is 11.5 Å². The molecule has 0 spiro atoms. The number of anilines is 2. The molecular weight excluding hydrogens is 524 g/mol. The van der Waals surface area contributed by atoms with E-state index >= 15 is 0 Å². The number of nitro groups is 1. The number of aromatic nitrogens is 3. The van der Waals surface area contributed by atoms with E-state index < -0.39 is 4.92 Å². The van der Waals surface area contributed by atoms with Gasteiger partial charge in [-0.25, -0.2) is 9.97 Å². The van der Waals surface area contributed by atoms with E-state index in [0.29, 0.717) is 59.4 Å². The maximum Gasteiger partial charge on any atom is 0.311 e. The highest BCUT2D eigenvalue weighted by atomic mass is 35.5. The summed E-state index contributed by atoms with van der Waals surface area (Å²) in [6.07, 6.45) is 3.77. The summed E-state index contributed by atoms with van der Waals surface area (Å²) in [7, 11) is 2.03. The predicted molar refractivity (Wildman–Crippen MR) is 147 cm³/mol. The van der Waals surface area contributed by atoms with Gasteiger partial charge in [0.25, 0.3) is 0 Å². The molecule has 11 nitrogen and oxygen atoms in total. The molecule has 39 heavy (non-hydrogen) atoms. The molecule has 5 rings (SSSR count). The van der Waals surface area contributed by atoms with Gasteiger partial charge in [0.2, 0.25) is 0 Å². The first kappa shape index (κ1) is 26.5. The van der Waals surface area contributed by atoms with E-state index in [1.807, 2.05) is 25.2 Å². The lowest BCUT2D eigenvalue weighted by atomic mass is 10.1. The van der Waals surface area contributed by atoms with E-state index in [0.717, 1.165) is 12.2 Å². The number of halogens is 1. The minimum Gasteiger partial charge on any atom is -0.487 e. The molecule has 2 aromatic heterocycles. The van der Waals surface area contributed by atoms with Crippen LogP contribution in [-0.2, 0) is 11.3 Å². The van der Waals surface area contributed by atoms with E-state index in [9.17, 15) is 10.1 Å². The number of likely N-dealkylation sites (N-methyl/N-ethyl adjacent to an activating group) is 1. The van der Waals surface area contributed by atoms with Crippen LogP contribution in [0.5, 0.6) is 11.5 Å². The molecule has 4 aromatic rings. The Balaban J connectivity index is 1.32. The molecule has 2 aromatic carbocycles. The van der Waals surface area contributed by atoms with Gasteiger partial charge in [0, 0.05) is 36.6 Å². The molecule has 1 atom stereocenters. The van der Waals surface area contributed by atoms with E-state index in [4.69, 9.17) is 25.8 Å². The van der Waals surface area contributed by atoms with Crippen molar-refractivity contribution in [2.75, 3.05) is 38.7 Å². The third-order valence-corrected chi connectivity index (χ3v) is 6.73. The first-order valence-electron chi connectivity index (χ1n) is 12.4. The Morgan fingerprint density at radius 1 is 1.15 bits per heavy atom. The minimum absolute atomic E-state index is 0.161. The topological polar surface area (TPSA) is 125 Å². The molecule has 1 aliphatic rings. The molecule has 1 unspecified atom stereocenters. The van der Waals surface area contributed by atoms with Crippen molar-refractivity contribution >= 4 is 39.7 Å². The van der Waals surface area contributed by atoms with Crippen molar-refractivity contribution in [1.82, 2.24) is 19.9 Å². The average Bonchev–Trinajstić information content (AvgIpc) is 2.94. The molecule has 12 heteroatoms. The van der Waals surface area contributed by atoms with Crippen molar-refractivity contribution in [2.45, 2.75) is 19.1 Å². The van der Waals surface area contributed by atoms with Gasteiger partial charge in [-0.3, -0.25) is 20.0 Å². The van der Waals surface area contributed by atoms with Crippen LogP contribution in [0.2, 0.25) is 5.02 Å². The fourth-order valence-electron chi connectivity index (χ4n) is 4.24. The third-order valence-electron chi connectivity index (χ3n) is 6.44.